The summed E-state index contributed by atoms with van der Waals surface area (Å²) >= 11 is 3.43. The van der Waals surface area contributed by atoms with Crippen LogP contribution in [0.25, 0.3) is 0 Å². The van der Waals surface area contributed by atoms with Gasteiger partial charge in [-0.2, -0.15) is 0 Å². The molecule has 1 aliphatic heterocycles. The Balaban J connectivity index is 1.88. The van der Waals surface area contributed by atoms with Crippen LogP contribution in [0, 0.1) is 0 Å². The molecule has 4 nitrogen and oxygen atoms in total. The van der Waals surface area contributed by atoms with E-state index in [0.29, 0.717) is 12.5 Å². The highest BCUT2D eigenvalue weighted by atomic mass is 79.9. The van der Waals surface area contributed by atoms with Crippen LogP contribution in [0.5, 0.6) is 0 Å². The number of aliphatic hydroxyl groups excluding tert-OH is 1. The van der Waals surface area contributed by atoms with Crippen LogP contribution in [0.3, 0.4) is 0 Å². The molecule has 1 saturated heterocycles. The van der Waals surface area contributed by atoms with Crippen LogP contribution in [0.15, 0.2) is 10.7 Å². The fourth-order valence-electron chi connectivity index (χ4n) is 2.06. The molecule has 86 valence electrons. The van der Waals surface area contributed by atoms with Gasteiger partial charge >= 0.3 is 0 Å². The molecule has 1 saturated carbocycles. The Hall–Kier alpha value is -0.680. The monoisotopic (exact) mass is 283 g/mol. The average molecular weight is 284 g/mol. The van der Waals surface area contributed by atoms with E-state index < -0.39 is 0 Å². The lowest BCUT2D eigenvalue weighted by atomic mass is 10.3. The SMILES string of the molecule is OC1CCN(c2cc(Br)nc(C3CC3)n2)C1. The van der Waals surface area contributed by atoms with Crippen LogP contribution >= 0.6 is 15.9 Å². The zero-order chi connectivity index (χ0) is 11.1. The normalized spacial score (nSPS) is 25.1. The first-order valence-electron chi connectivity index (χ1n) is 5.70. The van der Waals surface area contributed by atoms with Crippen LogP contribution in [0.1, 0.15) is 31.0 Å². The smallest absolute Gasteiger partial charge is 0.135 e. The second-order valence-electron chi connectivity index (χ2n) is 4.57. The lowest BCUT2D eigenvalue weighted by molar-refractivity contribution is 0.198. The van der Waals surface area contributed by atoms with Crippen LogP contribution in [-0.4, -0.2) is 34.3 Å². The third-order valence-corrected chi connectivity index (χ3v) is 3.53. The van der Waals surface area contributed by atoms with E-state index in [2.05, 4.69) is 30.8 Å². The van der Waals surface area contributed by atoms with Crippen molar-refractivity contribution in [3.63, 3.8) is 0 Å². The summed E-state index contributed by atoms with van der Waals surface area (Å²) in [7, 11) is 0. The third kappa shape index (κ3) is 2.06. The average Bonchev–Trinajstić information content (AvgIpc) is 3.01. The van der Waals surface area contributed by atoms with Gasteiger partial charge in [0.1, 0.15) is 16.2 Å². The number of hydrogen-bond donors (Lipinski definition) is 1. The van der Waals surface area contributed by atoms with Crippen LogP contribution < -0.4 is 4.90 Å². The van der Waals surface area contributed by atoms with Gasteiger partial charge in [-0.15, -0.1) is 0 Å². The lowest BCUT2D eigenvalue weighted by Crippen LogP contribution is -2.22. The maximum Gasteiger partial charge on any atom is 0.135 e. The zero-order valence-corrected chi connectivity index (χ0v) is 10.5. The van der Waals surface area contributed by atoms with Crippen molar-refractivity contribution in [3.05, 3.63) is 16.5 Å². The number of β-amino-alcohol motifs (C(OH)–C–C–N with tert-alkyl or cyclic N) is 1. The molecule has 0 spiro atoms. The van der Waals surface area contributed by atoms with Gasteiger partial charge in [0.15, 0.2) is 0 Å². The summed E-state index contributed by atoms with van der Waals surface area (Å²) < 4.78 is 0.848. The third-order valence-electron chi connectivity index (χ3n) is 3.13. The van der Waals surface area contributed by atoms with Gasteiger partial charge in [0.25, 0.3) is 0 Å². The zero-order valence-electron chi connectivity index (χ0n) is 8.93. The number of aliphatic hydroxyl groups is 1. The standard InChI is InChI=1S/C11H14BrN3O/c12-9-5-10(15-4-3-8(16)6-15)14-11(13-9)7-1-2-7/h5,7-8,16H,1-4,6H2. The molecule has 1 atom stereocenters. The Morgan fingerprint density at radius 3 is 2.75 bits per heavy atom. The van der Waals surface area contributed by atoms with Crippen molar-refractivity contribution in [2.75, 3.05) is 18.0 Å². The second-order valence-corrected chi connectivity index (χ2v) is 5.38. The molecule has 0 bridgehead atoms. The topological polar surface area (TPSA) is 49.2 Å². The molecule has 2 fully saturated rings. The molecule has 1 N–H and O–H groups in total. The van der Waals surface area contributed by atoms with E-state index in [1.807, 2.05) is 6.07 Å². The van der Waals surface area contributed by atoms with Gasteiger partial charge in [-0.3, -0.25) is 0 Å². The highest BCUT2D eigenvalue weighted by Crippen LogP contribution is 2.39. The molecule has 1 aromatic rings. The molecule has 3 rings (SSSR count). The van der Waals surface area contributed by atoms with Gasteiger partial charge in [0, 0.05) is 25.1 Å². The van der Waals surface area contributed by atoms with Gasteiger partial charge in [0.05, 0.1) is 6.10 Å². The number of hydrogen-bond acceptors (Lipinski definition) is 4. The van der Waals surface area contributed by atoms with Gasteiger partial charge < -0.3 is 10.0 Å². The van der Waals surface area contributed by atoms with Gasteiger partial charge in [0.2, 0.25) is 0 Å². The van der Waals surface area contributed by atoms with E-state index in [-0.39, 0.29) is 6.10 Å². The predicted octanol–water partition coefficient (Wildman–Crippen LogP) is 1.69. The second kappa shape index (κ2) is 3.96. The molecule has 1 aromatic heterocycles. The van der Waals surface area contributed by atoms with Gasteiger partial charge in [-0.1, -0.05) is 0 Å². The number of rotatable bonds is 2. The Kier molecular flexibility index (Phi) is 2.59. The van der Waals surface area contributed by atoms with Gasteiger partial charge in [-0.05, 0) is 35.2 Å². The van der Waals surface area contributed by atoms with Crippen molar-refractivity contribution < 1.29 is 5.11 Å². The largest absolute Gasteiger partial charge is 0.391 e. The van der Waals surface area contributed by atoms with E-state index >= 15 is 0 Å². The minimum absolute atomic E-state index is 0.210. The van der Waals surface area contributed by atoms with E-state index in [1.165, 1.54) is 12.8 Å². The van der Waals surface area contributed by atoms with Crippen molar-refractivity contribution in [2.24, 2.45) is 0 Å². The molecule has 1 unspecified atom stereocenters. The summed E-state index contributed by atoms with van der Waals surface area (Å²) in [5, 5.41) is 9.52. The van der Waals surface area contributed by atoms with E-state index in [0.717, 1.165) is 29.2 Å². The molecule has 5 heteroatoms. The minimum atomic E-state index is -0.210. The Labute approximate surface area is 103 Å². The fraction of sp³-hybridized carbons (Fsp3) is 0.636. The first kappa shape index (κ1) is 10.5. The first-order chi connectivity index (χ1) is 7.72. The summed E-state index contributed by atoms with van der Waals surface area (Å²) in [4.78, 5) is 11.1. The first-order valence-corrected chi connectivity index (χ1v) is 6.49. The Morgan fingerprint density at radius 2 is 2.12 bits per heavy atom. The number of halogens is 1. The van der Waals surface area contributed by atoms with Crippen LogP contribution in [-0.2, 0) is 0 Å². The maximum atomic E-state index is 9.52. The lowest BCUT2D eigenvalue weighted by Gasteiger charge is -2.17. The van der Waals surface area contributed by atoms with Crippen molar-refractivity contribution in [2.45, 2.75) is 31.3 Å². The number of nitrogens with zero attached hydrogens (tertiary/aromatic N) is 3. The molecule has 2 aliphatic rings. The van der Waals surface area contributed by atoms with Crippen LogP contribution in [0.4, 0.5) is 5.82 Å². The molecule has 16 heavy (non-hydrogen) atoms. The highest BCUT2D eigenvalue weighted by Gasteiger charge is 2.29. The minimum Gasteiger partial charge on any atom is -0.391 e. The van der Waals surface area contributed by atoms with E-state index in [1.54, 1.807) is 0 Å². The summed E-state index contributed by atoms with van der Waals surface area (Å²) in [6, 6.07) is 1.93. The predicted molar refractivity (Wildman–Crippen MR) is 64.5 cm³/mol. The summed E-state index contributed by atoms with van der Waals surface area (Å²) in [6.07, 6.45) is 3.04. The molecule has 0 radical (unpaired) electrons. The molecular weight excluding hydrogens is 270 g/mol. The van der Waals surface area contributed by atoms with E-state index in [4.69, 9.17) is 0 Å². The van der Waals surface area contributed by atoms with Crippen LogP contribution in [0.2, 0.25) is 0 Å². The van der Waals surface area contributed by atoms with E-state index in [9.17, 15) is 5.11 Å². The molecule has 0 amide bonds. The molecular formula is C11H14BrN3O. The quantitative estimate of drug-likeness (QED) is 0.840. The highest BCUT2D eigenvalue weighted by molar-refractivity contribution is 9.10. The summed E-state index contributed by atoms with van der Waals surface area (Å²) in [6.45, 7) is 1.57. The van der Waals surface area contributed by atoms with Crippen molar-refractivity contribution in [3.8, 4) is 0 Å². The number of aromatic nitrogens is 2. The molecule has 2 heterocycles. The molecule has 0 aromatic carbocycles. The van der Waals surface area contributed by atoms with Crippen molar-refractivity contribution in [1.29, 1.82) is 0 Å². The Morgan fingerprint density at radius 1 is 1.31 bits per heavy atom. The molecule has 1 aliphatic carbocycles. The Bertz CT molecular complexity index is 408. The van der Waals surface area contributed by atoms with Crippen molar-refractivity contribution in [1.82, 2.24) is 9.97 Å². The summed E-state index contributed by atoms with van der Waals surface area (Å²) in [5.74, 6) is 2.45. The number of anilines is 1. The van der Waals surface area contributed by atoms with Crippen molar-refractivity contribution >= 4 is 21.7 Å². The van der Waals surface area contributed by atoms with Gasteiger partial charge in [-0.25, -0.2) is 9.97 Å². The summed E-state index contributed by atoms with van der Waals surface area (Å²) in [5.41, 5.74) is 0. The maximum absolute atomic E-state index is 9.52. The fourth-order valence-corrected chi connectivity index (χ4v) is 2.45.